The van der Waals surface area contributed by atoms with Crippen molar-refractivity contribution >= 4 is 22.4 Å². The highest BCUT2D eigenvalue weighted by molar-refractivity contribution is 5.94. The van der Waals surface area contributed by atoms with E-state index in [1.54, 1.807) is 6.07 Å². The van der Waals surface area contributed by atoms with E-state index in [2.05, 4.69) is 15.6 Å². The third kappa shape index (κ3) is 3.05. The second-order valence-electron chi connectivity index (χ2n) is 4.61. The summed E-state index contributed by atoms with van der Waals surface area (Å²) in [7, 11) is 0. The molecule has 0 amide bonds. The fraction of sp³-hybridized carbons (Fsp3) is 0.200. The van der Waals surface area contributed by atoms with Gasteiger partial charge in [0.15, 0.2) is 11.0 Å². The molecule has 0 aliphatic heterocycles. The number of aromatic nitrogens is 2. The molecule has 21 heavy (non-hydrogen) atoms. The van der Waals surface area contributed by atoms with Gasteiger partial charge in [-0.2, -0.15) is 0 Å². The molecule has 0 fully saturated rings. The highest BCUT2D eigenvalue weighted by Gasteiger charge is 2.09. The van der Waals surface area contributed by atoms with Gasteiger partial charge >= 0.3 is 0 Å². The molecule has 0 bridgehead atoms. The molecule has 108 valence electrons. The van der Waals surface area contributed by atoms with Crippen molar-refractivity contribution in [3.05, 3.63) is 42.5 Å². The van der Waals surface area contributed by atoms with Crippen molar-refractivity contribution in [2.75, 3.05) is 24.2 Å². The number of nitrogens with one attached hydrogen (secondary N) is 1. The summed E-state index contributed by atoms with van der Waals surface area (Å²) in [4.78, 5) is 0. The number of benzene rings is 2. The van der Waals surface area contributed by atoms with Gasteiger partial charge in [0.25, 0.3) is 0 Å². The largest absolute Gasteiger partial charge is 0.494 e. The zero-order valence-electron chi connectivity index (χ0n) is 11.5. The van der Waals surface area contributed by atoms with Gasteiger partial charge in [-0.05, 0) is 41.0 Å². The summed E-state index contributed by atoms with van der Waals surface area (Å²) in [6.45, 7) is 1.41. The molecule has 3 rings (SSSR count). The number of para-hydroxylation sites is 1. The van der Waals surface area contributed by atoms with Gasteiger partial charge < -0.3 is 15.8 Å². The van der Waals surface area contributed by atoms with Gasteiger partial charge in [-0.1, -0.05) is 18.2 Å². The maximum Gasteiger partial charge on any atom is 0.160 e. The minimum atomic E-state index is 0.559. The number of fused-ring (bicyclic) bond motifs is 1. The van der Waals surface area contributed by atoms with Crippen LogP contribution in [0.4, 0.5) is 11.4 Å². The minimum Gasteiger partial charge on any atom is -0.494 e. The Morgan fingerprint density at radius 3 is 2.71 bits per heavy atom. The fourth-order valence-electron chi connectivity index (χ4n) is 2.03. The van der Waals surface area contributed by atoms with E-state index in [1.165, 1.54) is 0 Å². The molecule has 0 aliphatic carbocycles. The molecule has 1 heterocycles. The number of rotatable bonds is 6. The molecule has 0 saturated heterocycles. The van der Waals surface area contributed by atoms with Crippen LogP contribution in [0, 0.1) is 0 Å². The van der Waals surface area contributed by atoms with Crippen LogP contribution in [0.5, 0.6) is 5.75 Å². The van der Waals surface area contributed by atoms with E-state index in [-0.39, 0.29) is 0 Å². The number of hydrogen-bond acceptors (Lipinski definition) is 6. The van der Waals surface area contributed by atoms with Crippen LogP contribution in [-0.4, -0.2) is 23.5 Å². The number of nitrogen functional groups attached to an aromatic ring is 1. The lowest BCUT2D eigenvalue weighted by atomic mass is 10.2. The number of anilines is 2. The summed E-state index contributed by atoms with van der Waals surface area (Å²) < 4.78 is 10.4. The Bertz CT molecular complexity index is 712. The third-order valence-corrected chi connectivity index (χ3v) is 3.10. The Kier molecular flexibility index (Phi) is 3.86. The molecule has 6 nitrogen and oxygen atoms in total. The molecule has 1 aromatic heterocycles. The van der Waals surface area contributed by atoms with Crippen LogP contribution in [0.1, 0.15) is 6.42 Å². The lowest BCUT2D eigenvalue weighted by Crippen LogP contribution is -2.07. The van der Waals surface area contributed by atoms with Crippen molar-refractivity contribution in [1.29, 1.82) is 0 Å². The number of nitrogens with two attached hydrogens (primary N) is 1. The van der Waals surface area contributed by atoms with Crippen LogP contribution in [0.25, 0.3) is 11.0 Å². The van der Waals surface area contributed by atoms with Crippen LogP contribution in [0.2, 0.25) is 0 Å². The van der Waals surface area contributed by atoms with E-state index in [9.17, 15) is 0 Å². The van der Waals surface area contributed by atoms with Crippen molar-refractivity contribution < 1.29 is 9.37 Å². The molecule has 6 heteroatoms. The summed E-state index contributed by atoms with van der Waals surface area (Å²) in [6, 6.07) is 13.4. The number of ether oxygens (including phenoxy) is 1. The van der Waals surface area contributed by atoms with Gasteiger partial charge in [-0.15, -0.1) is 0 Å². The molecule has 0 aliphatic rings. The second-order valence-corrected chi connectivity index (χ2v) is 4.61. The Labute approximate surface area is 121 Å². The summed E-state index contributed by atoms with van der Waals surface area (Å²) in [6.07, 6.45) is 0.867. The van der Waals surface area contributed by atoms with E-state index >= 15 is 0 Å². The van der Waals surface area contributed by atoms with E-state index < -0.39 is 0 Å². The Balaban J connectivity index is 1.51. The normalized spacial score (nSPS) is 10.7. The molecular weight excluding hydrogens is 268 g/mol. The maximum absolute atomic E-state index is 5.80. The van der Waals surface area contributed by atoms with E-state index in [0.717, 1.165) is 24.4 Å². The van der Waals surface area contributed by atoms with Gasteiger partial charge in [0.05, 0.1) is 18.0 Å². The van der Waals surface area contributed by atoms with Gasteiger partial charge in [-0.25, -0.2) is 4.63 Å². The fourth-order valence-corrected chi connectivity index (χ4v) is 2.03. The Morgan fingerprint density at radius 2 is 1.86 bits per heavy atom. The van der Waals surface area contributed by atoms with Gasteiger partial charge in [-0.3, -0.25) is 0 Å². The van der Waals surface area contributed by atoms with Crippen molar-refractivity contribution in [2.24, 2.45) is 0 Å². The first-order chi connectivity index (χ1) is 10.3. The highest BCUT2D eigenvalue weighted by atomic mass is 16.6. The Hall–Kier alpha value is -2.76. The average molecular weight is 284 g/mol. The van der Waals surface area contributed by atoms with E-state index in [1.807, 2.05) is 36.4 Å². The maximum atomic E-state index is 5.80. The predicted molar refractivity (Wildman–Crippen MR) is 81.3 cm³/mol. The zero-order chi connectivity index (χ0) is 14.5. The first-order valence-corrected chi connectivity index (χ1v) is 6.77. The first-order valence-electron chi connectivity index (χ1n) is 6.77. The monoisotopic (exact) mass is 284 g/mol. The van der Waals surface area contributed by atoms with Crippen molar-refractivity contribution in [2.45, 2.75) is 6.42 Å². The zero-order valence-corrected chi connectivity index (χ0v) is 11.5. The van der Waals surface area contributed by atoms with Gasteiger partial charge in [0.2, 0.25) is 0 Å². The van der Waals surface area contributed by atoms with Crippen LogP contribution in [-0.2, 0) is 0 Å². The van der Waals surface area contributed by atoms with Crippen LogP contribution < -0.4 is 15.8 Å². The number of nitrogens with zero attached hydrogens (tertiary/aromatic N) is 2. The molecular formula is C15H16N4O2. The van der Waals surface area contributed by atoms with E-state index in [0.29, 0.717) is 23.3 Å². The quantitative estimate of drug-likeness (QED) is 0.534. The average Bonchev–Trinajstić information content (AvgIpc) is 3.01. The summed E-state index contributed by atoms with van der Waals surface area (Å²) in [5.41, 5.74) is 8.46. The first kappa shape index (κ1) is 13.2. The highest BCUT2D eigenvalue weighted by Crippen LogP contribution is 2.24. The minimum absolute atomic E-state index is 0.559. The lowest BCUT2D eigenvalue weighted by molar-refractivity contribution is 0.314. The summed E-state index contributed by atoms with van der Waals surface area (Å²) >= 11 is 0. The topological polar surface area (TPSA) is 86.2 Å². The Morgan fingerprint density at radius 1 is 1.05 bits per heavy atom. The molecule has 3 aromatic rings. The van der Waals surface area contributed by atoms with Crippen molar-refractivity contribution in [3.63, 3.8) is 0 Å². The molecule has 0 spiro atoms. The lowest BCUT2D eigenvalue weighted by Gasteiger charge is -2.08. The third-order valence-electron chi connectivity index (χ3n) is 3.10. The van der Waals surface area contributed by atoms with Crippen molar-refractivity contribution in [3.8, 4) is 5.75 Å². The smallest absolute Gasteiger partial charge is 0.160 e. The standard InChI is InChI=1S/C15H16N4O2/c16-12-7-8-13(15-14(12)18-21-19-15)17-9-4-10-20-11-5-2-1-3-6-11/h1-3,5-8,17H,4,9-10,16H2. The summed E-state index contributed by atoms with van der Waals surface area (Å²) in [5.74, 6) is 0.882. The van der Waals surface area contributed by atoms with Gasteiger partial charge in [0.1, 0.15) is 5.75 Å². The van der Waals surface area contributed by atoms with Crippen molar-refractivity contribution in [1.82, 2.24) is 10.3 Å². The molecule has 0 unspecified atom stereocenters. The molecule has 0 radical (unpaired) electrons. The number of hydrogen-bond donors (Lipinski definition) is 2. The molecule has 3 N–H and O–H groups in total. The van der Waals surface area contributed by atoms with Gasteiger partial charge in [0, 0.05) is 6.54 Å². The summed E-state index contributed by atoms with van der Waals surface area (Å²) in [5, 5.41) is 10.9. The van der Waals surface area contributed by atoms with E-state index in [4.69, 9.17) is 15.1 Å². The van der Waals surface area contributed by atoms with Crippen LogP contribution >= 0.6 is 0 Å². The van der Waals surface area contributed by atoms with Crippen LogP contribution in [0.15, 0.2) is 47.1 Å². The molecule has 0 atom stereocenters. The predicted octanol–water partition coefficient (Wildman–Crippen LogP) is 2.69. The molecule has 0 saturated carbocycles. The van der Waals surface area contributed by atoms with Crippen LogP contribution in [0.3, 0.4) is 0 Å². The molecule has 2 aromatic carbocycles. The second kappa shape index (κ2) is 6.13. The SMILES string of the molecule is Nc1ccc(NCCCOc2ccccc2)c2nonc12.